The molecule has 7 nitrogen and oxygen atoms in total. The maximum atomic E-state index is 13.0. The molecule has 0 amide bonds. The zero-order valence-corrected chi connectivity index (χ0v) is 18.0. The van der Waals surface area contributed by atoms with E-state index < -0.39 is 63.8 Å². The van der Waals surface area contributed by atoms with Gasteiger partial charge in [0.1, 0.15) is 5.60 Å². The van der Waals surface area contributed by atoms with Gasteiger partial charge in [0.2, 0.25) is 5.78 Å². The Balaban J connectivity index is 2.38. The highest BCUT2D eigenvalue weighted by atomic mass is 16.6. The number of esters is 1. The average Bonchev–Trinajstić information content (AvgIpc) is 2.60. The van der Waals surface area contributed by atoms with Crippen molar-refractivity contribution in [2.45, 2.75) is 83.9 Å². The Hall–Kier alpha value is -1.70. The van der Waals surface area contributed by atoms with Crippen LogP contribution in [0.15, 0.2) is 24.0 Å². The van der Waals surface area contributed by atoms with Crippen molar-refractivity contribution in [2.24, 2.45) is 16.7 Å². The van der Waals surface area contributed by atoms with Crippen LogP contribution < -0.4 is 0 Å². The Morgan fingerprint density at radius 3 is 2.34 bits per heavy atom. The number of carbonyl (C=O) groups excluding carboxylic acids is 2. The summed E-state index contributed by atoms with van der Waals surface area (Å²) in [5, 5.41) is 33.6. The summed E-state index contributed by atoms with van der Waals surface area (Å²) in [6.45, 7) is 13.6. The number of hydrogen-bond acceptors (Lipinski definition) is 7. The number of aliphatic hydroxyl groups is 3. The third kappa shape index (κ3) is 2.74. The van der Waals surface area contributed by atoms with Crippen LogP contribution in [0.25, 0.3) is 0 Å². The molecule has 3 aliphatic rings. The second-order valence-corrected chi connectivity index (χ2v) is 9.90. The lowest BCUT2D eigenvalue weighted by molar-refractivity contribution is -0.262. The fourth-order valence-corrected chi connectivity index (χ4v) is 6.23. The normalized spacial score (nSPS) is 46.6. The van der Waals surface area contributed by atoms with Crippen molar-refractivity contribution in [3.8, 4) is 0 Å². The summed E-state index contributed by atoms with van der Waals surface area (Å²) in [4.78, 5) is 24.9. The largest absolute Gasteiger partial charge is 0.504 e. The van der Waals surface area contributed by atoms with Gasteiger partial charge in [0.15, 0.2) is 17.5 Å². The number of Topliss-reactive ketones (excluding diaryl/α,β-unsaturated/α-hetero) is 1. The molecule has 7 heteroatoms. The van der Waals surface area contributed by atoms with Gasteiger partial charge in [0, 0.05) is 23.8 Å². The second-order valence-electron chi connectivity index (χ2n) is 9.90. The predicted molar refractivity (Wildman–Crippen MR) is 105 cm³/mol. The van der Waals surface area contributed by atoms with Crippen molar-refractivity contribution < 1.29 is 34.4 Å². The Bertz CT molecular complexity index is 799. The van der Waals surface area contributed by atoms with Crippen molar-refractivity contribution in [3.05, 3.63) is 24.0 Å². The van der Waals surface area contributed by atoms with Crippen molar-refractivity contribution in [1.82, 2.24) is 0 Å². The van der Waals surface area contributed by atoms with E-state index in [9.17, 15) is 24.9 Å². The highest BCUT2D eigenvalue weighted by Crippen LogP contribution is 2.65. The minimum atomic E-state index is -1.57. The molecule has 162 valence electrons. The van der Waals surface area contributed by atoms with E-state index in [-0.39, 0.29) is 5.57 Å². The topological polar surface area (TPSA) is 113 Å². The van der Waals surface area contributed by atoms with Crippen LogP contribution in [0.1, 0.15) is 54.4 Å². The molecule has 2 fully saturated rings. The van der Waals surface area contributed by atoms with Gasteiger partial charge in [-0.2, -0.15) is 0 Å². The van der Waals surface area contributed by atoms with E-state index in [4.69, 9.17) is 9.47 Å². The van der Waals surface area contributed by atoms with Crippen molar-refractivity contribution >= 4 is 11.8 Å². The van der Waals surface area contributed by atoms with Crippen LogP contribution in [0.4, 0.5) is 0 Å². The molecular formula is C22H32O7. The summed E-state index contributed by atoms with van der Waals surface area (Å²) in [5.74, 6) is -2.39. The number of rotatable bonds is 2. The number of ether oxygens (including phenoxy) is 2. The fourth-order valence-electron chi connectivity index (χ4n) is 6.23. The molecule has 1 aliphatic heterocycles. The molecule has 1 heterocycles. The third-order valence-electron chi connectivity index (χ3n) is 7.48. The maximum Gasteiger partial charge on any atom is 0.303 e. The fraction of sp³-hybridized carbons (Fsp3) is 0.727. The van der Waals surface area contributed by atoms with Crippen LogP contribution in [0.2, 0.25) is 0 Å². The zero-order chi connectivity index (χ0) is 22.2. The molecule has 0 spiro atoms. The molecule has 7 atom stereocenters. The zero-order valence-electron chi connectivity index (χ0n) is 18.0. The monoisotopic (exact) mass is 408 g/mol. The molecule has 0 unspecified atom stereocenters. The molecule has 2 aliphatic carbocycles. The third-order valence-corrected chi connectivity index (χ3v) is 7.48. The SMILES string of the molecule is C=C[C@]1(C)O[C@@]2(C)C(=C(O)C1=O)[C@@]1(C)[C@@H](O)CCC(C)(C)[C@@H]1[C@H](O)[C@@H]2OC(C)=O. The van der Waals surface area contributed by atoms with Gasteiger partial charge in [-0.05, 0) is 32.1 Å². The lowest BCUT2D eigenvalue weighted by atomic mass is 9.44. The molecule has 0 radical (unpaired) electrons. The van der Waals surface area contributed by atoms with Crippen LogP contribution in [0, 0.1) is 16.7 Å². The first kappa shape index (κ1) is 22.0. The standard InChI is InChI=1S/C22H32O7/c1-8-20(5)17(27)13(25)16-21(6)12(24)9-10-19(3,4)15(21)14(26)18(28-11(2)23)22(16,7)29-20/h8,12,14-15,18,24-26H,1,9-10H2,2-7H3/t12-,14-,15-,18-,20-,21-,22-/m0/s1. The highest BCUT2D eigenvalue weighted by Gasteiger charge is 2.71. The Morgan fingerprint density at radius 2 is 1.83 bits per heavy atom. The first-order valence-corrected chi connectivity index (χ1v) is 10.0. The number of aliphatic hydroxyl groups excluding tert-OH is 3. The predicted octanol–water partition coefficient (Wildman–Crippen LogP) is 2.21. The van der Waals surface area contributed by atoms with Gasteiger partial charge in [-0.15, -0.1) is 0 Å². The summed E-state index contributed by atoms with van der Waals surface area (Å²) in [6, 6.07) is 0. The minimum absolute atomic E-state index is 0.177. The van der Waals surface area contributed by atoms with Gasteiger partial charge >= 0.3 is 5.97 Å². The average molecular weight is 408 g/mol. The lowest BCUT2D eigenvalue weighted by Crippen LogP contribution is -2.73. The van der Waals surface area contributed by atoms with Crippen LogP contribution in [-0.2, 0) is 19.1 Å². The summed E-state index contributed by atoms with van der Waals surface area (Å²) in [7, 11) is 0. The maximum absolute atomic E-state index is 13.0. The van der Waals surface area contributed by atoms with Gasteiger partial charge < -0.3 is 24.8 Å². The second kappa shape index (κ2) is 6.40. The number of fused-ring (bicyclic) bond motifs is 3. The molecular weight excluding hydrogens is 376 g/mol. The smallest absolute Gasteiger partial charge is 0.303 e. The summed E-state index contributed by atoms with van der Waals surface area (Å²) < 4.78 is 11.7. The molecule has 0 aromatic rings. The number of carbonyl (C=O) groups is 2. The molecule has 0 bridgehead atoms. The van der Waals surface area contributed by atoms with Gasteiger partial charge in [-0.3, -0.25) is 9.59 Å². The van der Waals surface area contributed by atoms with E-state index in [0.29, 0.717) is 12.8 Å². The van der Waals surface area contributed by atoms with E-state index in [1.165, 1.54) is 19.9 Å². The van der Waals surface area contributed by atoms with E-state index in [0.717, 1.165) is 0 Å². The molecule has 0 aromatic heterocycles. The van der Waals surface area contributed by atoms with Gasteiger partial charge in [-0.1, -0.05) is 33.4 Å². The number of hydrogen-bond donors (Lipinski definition) is 3. The van der Waals surface area contributed by atoms with Crippen molar-refractivity contribution in [2.75, 3.05) is 0 Å². The van der Waals surface area contributed by atoms with Crippen molar-refractivity contribution in [3.63, 3.8) is 0 Å². The molecule has 29 heavy (non-hydrogen) atoms. The first-order valence-electron chi connectivity index (χ1n) is 10.0. The van der Waals surface area contributed by atoms with Crippen LogP contribution >= 0.6 is 0 Å². The van der Waals surface area contributed by atoms with Crippen LogP contribution in [0.3, 0.4) is 0 Å². The molecule has 2 saturated carbocycles. The van der Waals surface area contributed by atoms with Crippen LogP contribution in [-0.4, -0.2) is 56.6 Å². The molecule has 0 aromatic carbocycles. The summed E-state index contributed by atoms with van der Waals surface area (Å²) in [5.41, 5.74) is -4.54. The quantitative estimate of drug-likeness (QED) is 0.474. The highest BCUT2D eigenvalue weighted by molar-refractivity contribution is 6.03. The van der Waals surface area contributed by atoms with E-state index in [1.807, 2.05) is 13.8 Å². The lowest BCUT2D eigenvalue weighted by Gasteiger charge is -2.65. The van der Waals surface area contributed by atoms with E-state index in [1.54, 1.807) is 13.8 Å². The van der Waals surface area contributed by atoms with Gasteiger partial charge in [0.25, 0.3) is 0 Å². The minimum Gasteiger partial charge on any atom is -0.504 e. The van der Waals surface area contributed by atoms with E-state index >= 15 is 0 Å². The number of ketones is 1. The van der Waals surface area contributed by atoms with Gasteiger partial charge in [-0.25, -0.2) is 0 Å². The summed E-state index contributed by atoms with van der Waals surface area (Å²) >= 11 is 0. The Labute approximate surface area is 171 Å². The van der Waals surface area contributed by atoms with Gasteiger partial charge in [0.05, 0.1) is 12.2 Å². The summed E-state index contributed by atoms with van der Waals surface area (Å²) in [6.07, 6.45) is -0.938. The van der Waals surface area contributed by atoms with E-state index in [2.05, 4.69) is 6.58 Å². The molecule has 3 N–H and O–H groups in total. The molecule has 0 saturated heterocycles. The molecule has 3 rings (SSSR count). The Kier molecular flexibility index (Phi) is 4.85. The Morgan fingerprint density at radius 1 is 1.24 bits per heavy atom. The van der Waals surface area contributed by atoms with Crippen molar-refractivity contribution in [1.29, 1.82) is 0 Å². The van der Waals surface area contributed by atoms with Crippen LogP contribution in [0.5, 0.6) is 0 Å². The first-order chi connectivity index (χ1) is 13.2.